The Morgan fingerprint density at radius 1 is 1.03 bits per heavy atom. The minimum absolute atomic E-state index is 0.0724. The molecule has 0 bridgehead atoms. The van der Waals surface area contributed by atoms with E-state index in [4.69, 9.17) is 5.11 Å². The number of urea groups is 1. The van der Waals surface area contributed by atoms with Crippen LogP contribution in [0.2, 0.25) is 0 Å². The summed E-state index contributed by atoms with van der Waals surface area (Å²) in [6, 6.07) is 15.7. The average Bonchev–Trinajstić information content (AvgIpc) is 2.81. The van der Waals surface area contributed by atoms with E-state index in [1.165, 1.54) is 0 Å². The minimum Gasteiger partial charge on any atom is -0.480 e. The normalized spacial score (nSPS) is 11.2. The highest BCUT2D eigenvalue weighted by molar-refractivity contribution is 6.05. The Bertz CT molecular complexity index is 1040. The number of allylic oxidation sites excluding steroid dienone is 3. The lowest BCUT2D eigenvalue weighted by molar-refractivity contribution is -0.135. The molecule has 0 radical (unpaired) electrons. The smallest absolute Gasteiger partial charge is 0.325 e. The average molecular weight is 433 g/mol. The largest absolute Gasteiger partial charge is 0.480 e. The summed E-state index contributed by atoms with van der Waals surface area (Å²) in [7, 11) is 0. The van der Waals surface area contributed by atoms with Crippen molar-refractivity contribution in [1.82, 2.24) is 10.2 Å². The van der Waals surface area contributed by atoms with E-state index < -0.39 is 24.5 Å². The number of nitrogens with zero attached hydrogens (tertiary/aromatic N) is 1. The van der Waals surface area contributed by atoms with Crippen LogP contribution in [0.5, 0.6) is 0 Å². The van der Waals surface area contributed by atoms with Crippen molar-refractivity contribution in [3.05, 3.63) is 96.1 Å². The van der Waals surface area contributed by atoms with Crippen LogP contribution in [-0.4, -0.2) is 41.0 Å². The van der Waals surface area contributed by atoms with Crippen LogP contribution in [0.1, 0.15) is 30.6 Å². The van der Waals surface area contributed by atoms with Gasteiger partial charge in [0, 0.05) is 5.56 Å². The molecule has 0 aliphatic rings. The second-order valence-electron chi connectivity index (χ2n) is 7.10. The Morgan fingerprint density at radius 3 is 2.34 bits per heavy atom. The number of amides is 3. The Balaban J connectivity index is 2.30. The topological polar surface area (TPSA) is 86.7 Å². The molecule has 0 saturated carbocycles. The third kappa shape index (κ3) is 7.09. The van der Waals surface area contributed by atoms with E-state index in [0.29, 0.717) is 11.1 Å². The van der Waals surface area contributed by atoms with Gasteiger partial charge in [0.05, 0.1) is 6.54 Å². The Hall–Kier alpha value is -3.93. The molecule has 6 nitrogen and oxygen atoms in total. The lowest BCUT2D eigenvalue weighted by Gasteiger charge is -2.21. The van der Waals surface area contributed by atoms with Crippen molar-refractivity contribution in [3.63, 3.8) is 0 Å². The van der Waals surface area contributed by atoms with Gasteiger partial charge in [-0.1, -0.05) is 79.8 Å². The van der Waals surface area contributed by atoms with Crippen molar-refractivity contribution in [2.24, 2.45) is 0 Å². The minimum atomic E-state index is -1.20. The van der Waals surface area contributed by atoms with Crippen LogP contribution in [0, 0.1) is 0 Å². The number of hydrogen-bond acceptors (Lipinski definition) is 3. The number of carbonyl (C=O) groups excluding carboxylic acids is 2. The predicted molar refractivity (Wildman–Crippen MR) is 126 cm³/mol. The van der Waals surface area contributed by atoms with Gasteiger partial charge in [0.25, 0.3) is 5.91 Å². The molecule has 0 saturated heterocycles. The van der Waals surface area contributed by atoms with Crippen LogP contribution < -0.4 is 5.32 Å². The summed E-state index contributed by atoms with van der Waals surface area (Å²) in [6.07, 6.45) is 6.45. The molecule has 166 valence electrons. The van der Waals surface area contributed by atoms with Crippen LogP contribution in [0.25, 0.3) is 11.1 Å². The van der Waals surface area contributed by atoms with E-state index in [1.54, 1.807) is 24.3 Å². The zero-order chi connectivity index (χ0) is 23.5. The molecular weight excluding hydrogens is 404 g/mol. The fraction of sp³-hybridized carbons (Fsp3) is 0.192. The third-order valence-electron chi connectivity index (χ3n) is 4.77. The van der Waals surface area contributed by atoms with Crippen molar-refractivity contribution in [2.45, 2.75) is 20.3 Å². The lowest BCUT2D eigenvalue weighted by Crippen LogP contribution is -2.46. The molecule has 2 aromatic carbocycles. The maximum Gasteiger partial charge on any atom is 0.325 e. The molecule has 6 heteroatoms. The first-order valence-corrected chi connectivity index (χ1v) is 10.3. The first-order valence-electron chi connectivity index (χ1n) is 10.3. The fourth-order valence-electron chi connectivity index (χ4n) is 3.00. The number of carboxylic acids is 1. The van der Waals surface area contributed by atoms with E-state index in [-0.39, 0.29) is 6.54 Å². The monoisotopic (exact) mass is 432 g/mol. The number of carbonyl (C=O) groups is 3. The summed E-state index contributed by atoms with van der Waals surface area (Å²) in [6.45, 7) is 7.24. The number of rotatable bonds is 9. The van der Waals surface area contributed by atoms with Crippen molar-refractivity contribution < 1.29 is 19.5 Å². The van der Waals surface area contributed by atoms with E-state index in [0.717, 1.165) is 28.0 Å². The zero-order valence-corrected chi connectivity index (χ0v) is 18.4. The van der Waals surface area contributed by atoms with Gasteiger partial charge in [0.2, 0.25) is 0 Å². The summed E-state index contributed by atoms with van der Waals surface area (Å²) in [5, 5.41) is 11.2. The Kier molecular flexibility index (Phi) is 9.17. The van der Waals surface area contributed by atoms with Gasteiger partial charge < -0.3 is 10.4 Å². The number of hydrogen-bond donors (Lipinski definition) is 2. The standard InChI is InChI=1S/C26H28N2O4/c1-4-20(5-2)15-14-19(3)18-28(26(32)27-17-24(29)30)25(31)23-13-9-12-22(16-23)21-10-7-6-8-11-21/h4,6-16H,3,5,17-18H2,1-2H3,(H,27,32)(H,29,30)/b15-14-,20-4-. The molecule has 0 unspecified atom stereocenters. The number of imide groups is 1. The maximum atomic E-state index is 13.2. The molecule has 0 heterocycles. The van der Waals surface area contributed by atoms with Gasteiger partial charge in [0.15, 0.2) is 0 Å². The van der Waals surface area contributed by atoms with E-state index in [9.17, 15) is 14.4 Å². The fourth-order valence-corrected chi connectivity index (χ4v) is 3.00. The molecule has 0 fully saturated rings. The second-order valence-corrected chi connectivity index (χ2v) is 7.10. The zero-order valence-electron chi connectivity index (χ0n) is 18.4. The van der Waals surface area contributed by atoms with Gasteiger partial charge in [-0.2, -0.15) is 0 Å². The van der Waals surface area contributed by atoms with E-state index in [1.807, 2.05) is 62.4 Å². The molecule has 0 spiro atoms. The van der Waals surface area contributed by atoms with Crippen molar-refractivity contribution in [3.8, 4) is 11.1 Å². The van der Waals surface area contributed by atoms with Gasteiger partial charge in [-0.3, -0.25) is 14.5 Å². The number of aliphatic carboxylic acids is 1. The van der Waals surface area contributed by atoms with Crippen LogP contribution in [0.15, 0.2) is 90.6 Å². The van der Waals surface area contributed by atoms with Gasteiger partial charge in [0.1, 0.15) is 6.54 Å². The van der Waals surface area contributed by atoms with Gasteiger partial charge in [-0.25, -0.2) is 4.79 Å². The molecule has 32 heavy (non-hydrogen) atoms. The highest BCUT2D eigenvalue weighted by Crippen LogP contribution is 2.21. The van der Waals surface area contributed by atoms with Gasteiger partial charge in [-0.05, 0) is 42.2 Å². The van der Waals surface area contributed by atoms with Crippen LogP contribution in [0.4, 0.5) is 4.79 Å². The highest BCUT2D eigenvalue weighted by Gasteiger charge is 2.24. The Labute approximate surface area is 188 Å². The first kappa shape index (κ1) is 24.3. The third-order valence-corrected chi connectivity index (χ3v) is 4.77. The molecular formula is C26H28N2O4. The first-order chi connectivity index (χ1) is 15.3. The predicted octanol–water partition coefficient (Wildman–Crippen LogP) is 5.06. The van der Waals surface area contributed by atoms with E-state index in [2.05, 4.69) is 11.9 Å². The summed E-state index contributed by atoms with van der Waals surface area (Å²) >= 11 is 0. The van der Waals surface area contributed by atoms with Crippen LogP contribution in [0.3, 0.4) is 0 Å². The molecule has 0 aliphatic heterocycles. The van der Waals surface area contributed by atoms with Gasteiger partial charge in [-0.15, -0.1) is 0 Å². The molecule has 3 amide bonds. The summed E-state index contributed by atoms with van der Waals surface area (Å²) in [5.74, 6) is -1.74. The molecule has 0 aliphatic carbocycles. The van der Waals surface area contributed by atoms with Gasteiger partial charge >= 0.3 is 12.0 Å². The molecule has 2 aromatic rings. The number of nitrogens with one attached hydrogen (secondary N) is 1. The van der Waals surface area contributed by atoms with Crippen LogP contribution >= 0.6 is 0 Å². The number of carboxylic acid groups (broad SMARTS) is 1. The van der Waals surface area contributed by atoms with Crippen molar-refractivity contribution in [2.75, 3.05) is 13.1 Å². The summed E-state index contributed by atoms with van der Waals surface area (Å²) in [4.78, 5) is 37.8. The molecule has 0 atom stereocenters. The molecule has 2 N–H and O–H groups in total. The summed E-state index contributed by atoms with van der Waals surface area (Å²) in [5.41, 5.74) is 3.72. The number of benzene rings is 2. The van der Waals surface area contributed by atoms with Crippen LogP contribution in [-0.2, 0) is 4.79 Å². The maximum absolute atomic E-state index is 13.2. The van der Waals surface area contributed by atoms with E-state index >= 15 is 0 Å². The molecule has 2 rings (SSSR count). The molecule has 0 aromatic heterocycles. The highest BCUT2D eigenvalue weighted by atomic mass is 16.4. The second kappa shape index (κ2) is 12.1. The Morgan fingerprint density at radius 2 is 1.72 bits per heavy atom. The lowest BCUT2D eigenvalue weighted by atomic mass is 10.0. The SMILES string of the molecule is C=C(/C=C\C(=C/C)CC)CN(C(=O)NCC(=O)O)C(=O)c1cccc(-c2ccccc2)c1. The quantitative estimate of drug-likeness (QED) is 0.542. The summed E-state index contributed by atoms with van der Waals surface area (Å²) < 4.78 is 0. The van der Waals surface area contributed by atoms with Crippen molar-refractivity contribution in [1.29, 1.82) is 0 Å². The van der Waals surface area contributed by atoms with Crippen molar-refractivity contribution >= 4 is 17.9 Å².